The molecule has 0 aromatic heterocycles. The van der Waals surface area contributed by atoms with Gasteiger partial charge in [0.15, 0.2) is 0 Å². The number of rotatable bonds is 4. The van der Waals surface area contributed by atoms with Gasteiger partial charge in [-0.15, -0.1) is 0 Å². The molecule has 2 amide bonds. The Hall–Kier alpha value is -2.82. The number of nitrogens with zero attached hydrogens (tertiary/aromatic N) is 1. The van der Waals surface area contributed by atoms with E-state index in [-0.39, 0.29) is 17.9 Å². The molecule has 1 aliphatic rings. The zero-order valence-electron chi connectivity index (χ0n) is 13.0. The van der Waals surface area contributed by atoms with Crippen LogP contribution in [0.1, 0.15) is 16.8 Å². The Morgan fingerprint density at radius 2 is 1.74 bits per heavy atom. The first-order valence-corrected chi connectivity index (χ1v) is 7.61. The Kier molecular flexibility index (Phi) is 4.28. The van der Waals surface area contributed by atoms with E-state index < -0.39 is 0 Å². The lowest BCUT2D eigenvalue weighted by atomic mass is 10.1. The van der Waals surface area contributed by atoms with E-state index in [9.17, 15) is 9.59 Å². The first-order valence-electron chi connectivity index (χ1n) is 7.61. The number of nitrogens with one attached hydrogen (secondary N) is 2. The lowest BCUT2D eigenvalue weighted by molar-refractivity contribution is -0.127. The van der Waals surface area contributed by atoms with Crippen LogP contribution >= 0.6 is 0 Å². The van der Waals surface area contributed by atoms with Crippen molar-refractivity contribution in [2.45, 2.75) is 12.5 Å². The second-order valence-electron chi connectivity index (χ2n) is 5.64. The number of carbonyl (C=O) groups excluding carboxylic acids is 2. The minimum absolute atomic E-state index is 0.107. The maximum absolute atomic E-state index is 12.2. The third kappa shape index (κ3) is 3.51. The van der Waals surface area contributed by atoms with Crippen molar-refractivity contribution in [3.05, 3.63) is 60.2 Å². The molecule has 1 aliphatic heterocycles. The van der Waals surface area contributed by atoms with Crippen LogP contribution in [0.3, 0.4) is 0 Å². The number of carbonyl (C=O) groups is 2. The van der Waals surface area contributed by atoms with Gasteiger partial charge in [0.1, 0.15) is 6.04 Å². The van der Waals surface area contributed by atoms with Crippen molar-refractivity contribution in [1.82, 2.24) is 4.90 Å². The van der Waals surface area contributed by atoms with Gasteiger partial charge in [0.05, 0.1) is 0 Å². The predicted octanol–water partition coefficient (Wildman–Crippen LogP) is 2.58. The highest BCUT2D eigenvalue weighted by molar-refractivity contribution is 6.04. The van der Waals surface area contributed by atoms with Gasteiger partial charge >= 0.3 is 0 Å². The average molecular weight is 309 g/mol. The number of likely N-dealkylation sites (N-methyl/N-ethyl adjacent to an activating group) is 1. The van der Waals surface area contributed by atoms with E-state index in [2.05, 4.69) is 10.6 Å². The molecule has 0 radical (unpaired) electrons. The molecule has 0 bridgehead atoms. The zero-order chi connectivity index (χ0) is 16.2. The van der Waals surface area contributed by atoms with Gasteiger partial charge in [0.25, 0.3) is 5.91 Å². The lowest BCUT2D eigenvalue weighted by Gasteiger charge is -2.13. The van der Waals surface area contributed by atoms with Gasteiger partial charge < -0.3 is 15.5 Å². The summed E-state index contributed by atoms with van der Waals surface area (Å²) in [6.45, 7) is 0.772. The molecule has 1 fully saturated rings. The summed E-state index contributed by atoms with van der Waals surface area (Å²) in [5, 5.41) is 6.06. The Labute approximate surface area is 135 Å². The lowest BCUT2D eigenvalue weighted by Crippen LogP contribution is -2.30. The molecule has 0 aliphatic carbocycles. The van der Waals surface area contributed by atoms with Crippen molar-refractivity contribution in [2.24, 2.45) is 0 Å². The second-order valence-corrected chi connectivity index (χ2v) is 5.64. The Balaban J connectivity index is 1.63. The third-order valence-corrected chi connectivity index (χ3v) is 3.95. The molecule has 1 saturated heterocycles. The quantitative estimate of drug-likeness (QED) is 0.912. The Morgan fingerprint density at radius 3 is 2.35 bits per heavy atom. The maximum atomic E-state index is 12.2. The number of para-hydroxylation sites is 1. The van der Waals surface area contributed by atoms with Crippen LogP contribution in [0, 0.1) is 0 Å². The Morgan fingerprint density at radius 1 is 1.04 bits per heavy atom. The van der Waals surface area contributed by atoms with Crippen LogP contribution in [0.25, 0.3) is 0 Å². The topological polar surface area (TPSA) is 61.4 Å². The smallest absolute Gasteiger partial charge is 0.255 e. The van der Waals surface area contributed by atoms with Gasteiger partial charge in [-0.25, -0.2) is 0 Å². The van der Waals surface area contributed by atoms with Crippen molar-refractivity contribution in [1.29, 1.82) is 0 Å². The molecular formula is C18H19N3O2. The van der Waals surface area contributed by atoms with Crippen LogP contribution < -0.4 is 10.6 Å². The van der Waals surface area contributed by atoms with Crippen molar-refractivity contribution >= 4 is 23.2 Å². The van der Waals surface area contributed by atoms with Gasteiger partial charge in [-0.1, -0.05) is 18.2 Å². The summed E-state index contributed by atoms with van der Waals surface area (Å²) >= 11 is 0. The second kappa shape index (κ2) is 6.52. The molecule has 0 spiro atoms. The van der Waals surface area contributed by atoms with Crippen LogP contribution in [0.4, 0.5) is 11.4 Å². The summed E-state index contributed by atoms with van der Waals surface area (Å²) in [6, 6.07) is 16.3. The summed E-state index contributed by atoms with van der Waals surface area (Å²) in [7, 11) is 1.81. The van der Waals surface area contributed by atoms with Crippen LogP contribution in [-0.4, -0.2) is 36.3 Å². The monoisotopic (exact) mass is 309 g/mol. The fourth-order valence-corrected chi connectivity index (χ4v) is 2.60. The largest absolute Gasteiger partial charge is 0.374 e. The molecule has 1 unspecified atom stereocenters. The fourth-order valence-electron chi connectivity index (χ4n) is 2.60. The minimum atomic E-state index is -0.177. The van der Waals surface area contributed by atoms with Gasteiger partial charge in [-0.3, -0.25) is 9.59 Å². The number of amides is 2. The molecule has 2 aromatic carbocycles. The summed E-state index contributed by atoms with van der Waals surface area (Å²) in [6.07, 6.45) is 0.797. The summed E-state index contributed by atoms with van der Waals surface area (Å²) in [5.41, 5.74) is 2.18. The SMILES string of the molecule is CN1CCC(Nc2ccc(C(=O)Nc3ccccc3)cc2)C1=O. The Bertz CT molecular complexity index is 698. The number of hydrogen-bond donors (Lipinski definition) is 2. The predicted molar refractivity (Wildman–Crippen MR) is 90.5 cm³/mol. The van der Waals surface area contributed by atoms with E-state index >= 15 is 0 Å². The molecule has 1 heterocycles. The minimum Gasteiger partial charge on any atom is -0.374 e. The average Bonchev–Trinajstić information content (AvgIpc) is 2.88. The van der Waals surface area contributed by atoms with Gasteiger partial charge in [0.2, 0.25) is 5.91 Å². The first-order chi connectivity index (χ1) is 11.1. The highest BCUT2D eigenvalue weighted by atomic mass is 16.2. The molecule has 2 aromatic rings. The van der Waals surface area contributed by atoms with Crippen LogP contribution in [0.2, 0.25) is 0 Å². The number of anilines is 2. The highest BCUT2D eigenvalue weighted by Crippen LogP contribution is 2.17. The van der Waals surface area contributed by atoms with Gasteiger partial charge in [0, 0.05) is 30.5 Å². The van der Waals surface area contributed by atoms with Crippen molar-refractivity contribution in [3.8, 4) is 0 Å². The third-order valence-electron chi connectivity index (χ3n) is 3.95. The molecule has 2 N–H and O–H groups in total. The van der Waals surface area contributed by atoms with E-state index in [0.717, 1.165) is 24.3 Å². The summed E-state index contributed by atoms with van der Waals surface area (Å²) in [4.78, 5) is 25.8. The van der Waals surface area contributed by atoms with Crippen LogP contribution in [0.5, 0.6) is 0 Å². The van der Waals surface area contributed by atoms with Gasteiger partial charge in [-0.2, -0.15) is 0 Å². The van der Waals surface area contributed by atoms with E-state index in [1.54, 1.807) is 24.1 Å². The summed E-state index contributed by atoms with van der Waals surface area (Å²) in [5.74, 6) is -0.0460. The molecular weight excluding hydrogens is 290 g/mol. The zero-order valence-corrected chi connectivity index (χ0v) is 13.0. The normalized spacial score (nSPS) is 17.2. The number of benzene rings is 2. The van der Waals surface area contributed by atoms with Crippen molar-refractivity contribution in [2.75, 3.05) is 24.2 Å². The van der Waals surface area contributed by atoms with Crippen molar-refractivity contribution < 1.29 is 9.59 Å². The van der Waals surface area contributed by atoms with Crippen LogP contribution in [-0.2, 0) is 4.79 Å². The maximum Gasteiger partial charge on any atom is 0.255 e. The number of hydrogen-bond acceptors (Lipinski definition) is 3. The van der Waals surface area contributed by atoms with Gasteiger partial charge in [-0.05, 0) is 42.8 Å². The molecule has 118 valence electrons. The molecule has 23 heavy (non-hydrogen) atoms. The van der Waals surface area contributed by atoms with E-state index in [1.165, 1.54) is 0 Å². The van der Waals surface area contributed by atoms with Crippen LogP contribution in [0.15, 0.2) is 54.6 Å². The molecule has 1 atom stereocenters. The molecule has 5 nitrogen and oxygen atoms in total. The van der Waals surface area contributed by atoms with E-state index in [0.29, 0.717) is 5.56 Å². The van der Waals surface area contributed by atoms with Crippen molar-refractivity contribution in [3.63, 3.8) is 0 Å². The molecule has 5 heteroatoms. The highest BCUT2D eigenvalue weighted by Gasteiger charge is 2.28. The summed E-state index contributed by atoms with van der Waals surface area (Å²) < 4.78 is 0. The standard InChI is InChI=1S/C18H19N3O2/c1-21-12-11-16(18(21)23)19-15-9-7-13(8-10-15)17(22)20-14-5-3-2-4-6-14/h2-10,16,19H,11-12H2,1H3,(H,20,22). The molecule has 3 rings (SSSR count). The van der Waals surface area contributed by atoms with E-state index in [4.69, 9.17) is 0 Å². The first kappa shape index (κ1) is 15.1. The fraction of sp³-hybridized carbons (Fsp3) is 0.222. The van der Waals surface area contributed by atoms with E-state index in [1.807, 2.05) is 42.5 Å². The number of likely N-dealkylation sites (tertiary alicyclic amines) is 1. The molecule has 0 saturated carbocycles.